The molecule has 2 rings (SSSR count). The Hall–Kier alpha value is -2.89. The quantitative estimate of drug-likeness (QED) is 0.755. The van der Waals surface area contributed by atoms with Crippen LogP contribution in [0, 0.1) is 0 Å². The lowest BCUT2D eigenvalue weighted by Gasteiger charge is -2.11. The monoisotopic (exact) mass is 287 g/mol. The van der Waals surface area contributed by atoms with Crippen LogP contribution in [0.2, 0.25) is 0 Å². The van der Waals surface area contributed by atoms with Gasteiger partial charge in [-0.05, 0) is 36.4 Å². The van der Waals surface area contributed by atoms with E-state index in [1.54, 1.807) is 56.7 Å². The molecule has 0 fully saturated rings. The number of hydrogen-bond donors (Lipinski definition) is 3. The zero-order valence-corrected chi connectivity index (χ0v) is 11.8. The van der Waals surface area contributed by atoms with Gasteiger partial charge in [-0.25, -0.2) is 4.79 Å². The lowest BCUT2D eigenvalue weighted by Crippen LogP contribution is -2.20. The molecule has 21 heavy (non-hydrogen) atoms. The molecule has 4 N–H and O–H groups in total. The van der Waals surface area contributed by atoms with Crippen LogP contribution in [0.4, 0.5) is 21.9 Å². The molecule has 0 bridgehead atoms. The number of nitrogen functional groups attached to an aromatic ring is 1. The first-order valence-electron chi connectivity index (χ1n) is 6.28. The average molecular weight is 287 g/mol. The van der Waals surface area contributed by atoms with Crippen LogP contribution in [-0.2, 0) is 0 Å². The van der Waals surface area contributed by atoms with Gasteiger partial charge >= 0.3 is 6.03 Å². The Labute approximate surface area is 122 Å². The Balaban J connectivity index is 2.04. The SMILES string of the molecule is COc1ccc(NC(=O)Nc2cc(OC)ccc2N)cc1. The number of carbonyl (C=O) groups excluding carboxylic acids is 1. The largest absolute Gasteiger partial charge is 0.497 e. The number of rotatable bonds is 4. The number of hydrogen-bond acceptors (Lipinski definition) is 4. The van der Waals surface area contributed by atoms with Gasteiger partial charge in [-0.3, -0.25) is 0 Å². The number of ether oxygens (including phenoxy) is 2. The van der Waals surface area contributed by atoms with Gasteiger partial charge in [-0.1, -0.05) is 0 Å². The number of carbonyl (C=O) groups is 1. The van der Waals surface area contributed by atoms with Gasteiger partial charge in [-0.15, -0.1) is 0 Å². The Morgan fingerprint density at radius 3 is 2.19 bits per heavy atom. The predicted octanol–water partition coefficient (Wildman–Crippen LogP) is 2.93. The normalized spacial score (nSPS) is 9.81. The Morgan fingerprint density at radius 1 is 0.952 bits per heavy atom. The summed E-state index contributed by atoms with van der Waals surface area (Å²) in [5, 5.41) is 5.38. The van der Waals surface area contributed by atoms with Gasteiger partial charge in [0.2, 0.25) is 0 Å². The van der Waals surface area contributed by atoms with Crippen molar-refractivity contribution in [3.8, 4) is 11.5 Å². The maximum atomic E-state index is 11.9. The van der Waals surface area contributed by atoms with Crippen molar-refractivity contribution in [2.45, 2.75) is 0 Å². The van der Waals surface area contributed by atoms with Crippen molar-refractivity contribution in [2.75, 3.05) is 30.6 Å². The van der Waals surface area contributed by atoms with E-state index in [2.05, 4.69) is 10.6 Å². The van der Waals surface area contributed by atoms with E-state index in [1.165, 1.54) is 0 Å². The number of anilines is 3. The first-order chi connectivity index (χ1) is 10.1. The van der Waals surface area contributed by atoms with E-state index in [0.29, 0.717) is 22.8 Å². The van der Waals surface area contributed by atoms with Gasteiger partial charge < -0.3 is 25.8 Å². The zero-order chi connectivity index (χ0) is 15.2. The summed E-state index contributed by atoms with van der Waals surface area (Å²) in [6.07, 6.45) is 0. The van der Waals surface area contributed by atoms with Gasteiger partial charge in [-0.2, -0.15) is 0 Å². The first-order valence-corrected chi connectivity index (χ1v) is 6.28. The van der Waals surface area contributed by atoms with Crippen molar-refractivity contribution in [3.63, 3.8) is 0 Å². The Kier molecular flexibility index (Phi) is 4.50. The topological polar surface area (TPSA) is 85.6 Å². The third-order valence-corrected chi connectivity index (χ3v) is 2.86. The van der Waals surface area contributed by atoms with Crippen LogP contribution in [0.3, 0.4) is 0 Å². The molecule has 2 aromatic carbocycles. The van der Waals surface area contributed by atoms with Gasteiger partial charge in [0.1, 0.15) is 11.5 Å². The number of amides is 2. The van der Waals surface area contributed by atoms with Crippen LogP contribution >= 0.6 is 0 Å². The maximum absolute atomic E-state index is 11.9. The van der Waals surface area contributed by atoms with Crippen molar-refractivity contribution >= 4 is 23.1 Å². The molecule has 0 unspecified atom stereocenters. The van der Waals surface area contributed by atoms with Crippen LogP contribution < -0.4 is 25.8 Å². The van der Waals surface area contributed by atoms with E-state index in [4.69, 9.17) is 15.2 Å². The summed E-state index contributed by atoms with van der Waals surface area (Å²) in [4.78, 5) is 11.9. The van der Waals surface area contributed by atoms with Gasteiger partial charge in [0, 0.05) is 11.8 Å². The molecule has 6 nitrogen and oxygen atoms in total. The molecule has 0 aromatic heterocycles. The molecule has 0 aliphatic carbocycles. The number of urea groups is 1. The number of benzene rings is 2. The van der Waals surface area contributed by atoms with E-state index < -0.39 is 0 Å². The molecule has 0 heterocycles. The fourth-order valence-corrected chi connectivity index (χ4v) is 1.73. The highest BCUT2D eigenvalue weighted by Gasteiger charge is 2.07. The summed E-state index contributed by atoms with van der Waals surface area (Å²) < 4.78 is 10.1. The molecule has 0 aliphatic rings. The molecule has 2 aromatic rings. The minimum absolute atomic E-state index is 0.389. The van der Waals surface area contributed by atoms with Gasteiger partial charge in [0.15, 0.2) is 0 Å². The molecule has 0 radical (unpaired) electrons. The third kappa shape index (κ3) is 3.79. The van der Waals surface area contributed by atoms with Crippen LogP contribution in [0.5, 0.6) is 11.5 Å². The second kappa shape index (κ2) is 6.51. The Morgan fingerprint density at radius 2 is 1.57 bits per heavy atom. The van der Waals surface area contributed by atoms with Crippen molar-refractivity contribution in [1.29, 1.82) is 0 Å². The summed E-state index contributed by atoms with van der Waals surface area (Å²) >= 11 is 0. The molecular weight excluding hydrogens is 270 g/mol. The molecule has 2 amide bonds. The molecule has 0 atom stereocenters. The molecular formula is C15H17N3O3. The van der Waals surface area contributed by atoms with Crippen LogP contribution in [0.1, 0.15) is 0 Å². The summed E-state index contributed by atoms with van der Waals surface area (Å²) in [7, 11) is 3.13. The Bertz CT molecular complexity index is 627. The minimum Gasteiger partial charge on any atom is -0.497 e. The van der Waals surface area contributed by atoms with E-state index in [9.17, 15) is 4.79 Å². The standard InChI is InChI=1S/C15H17N3O3/c1-20-11-5-3-10(4-6-11)17-15(19)18-14-9-12(21-2)7-8-13(14)16/h3-9H,16H2,1-2H3,(H2,17,18,19). The van der Waals surface area contributed by atoms with Crippen LogP contribution in [-0.4, -0.2) is 20.3 Å². The van der Waals surface area contributed by atoms with Crippen molar-refractivity contribution in [1.82, 2.24) is 0 Å². The molecule has 0 spiro atoms. The predicted molar refractivity (Wildman–Crippen MR) is 83.0 cm³/mol. The van der Waals surface area contributed by atoms with E-state index >= 15 is 0 Å². The van der Waals surface area contributed by atoms with E-state index in [0.717, 1.165) is 5.75 Å². The number of nitrogens with two attached hydrogens (primary N) is 1. The highest BCUT2D eigenvalue weighted by atomic mass is 16.5. The number of nitrogens with one attached hydrogen (secondary N) is 2. The first kappa shape index (κ1) is 14.5. The van der Waals surface area contributed by atoms with E-state index in [1.807, 2.05) is 0 Å². The number of methoxy groups -OCH3 is 2. The second-order valence-electron chi connectivity index (χ2n) is 4.26. The summed E-state index contributed by atoms with van der Waals surface area (Å²) in [5.41, 5.74) is 7.40. The third-order valence-electron chi connectivity index (χ3n) is 2.86. The highest BCUT2D eigenvalue weighted by Crippen LogP contribution is 2.24. The van der Waals surface area contributed by atoms with Crippen LogP contribution in [0.25, 0.3) is 0 Å². The zero-order valence-electron chi connectivity index (χ0n) is 11.8. The van der Waals surface area contributed by atoms with Gasteiger partial charge in [0.05, 0.1) is 25.6 Å². The molecule has 0 saturated carbocycles. The fourth-order valence-electron chi connectivity index (χ4n) is 1.73. The smallest absolute Gasteiger partial charge is 0.323 e. The van der Waals surface area contributed by atoms with Gasteiger partial charge in [0.25, 0.3) is 0 Å². The maximum Gasteiger partial charge on any atom is 0.323 e. The summed E-state index contributed by atoms with van der Waals surface area (Å²) in [5.74, 6) is 1.34. The fraction of sp³-hybridized carbons (Fsp3) is 0.133. The summed E-state index contributed by atoms with van der Waals surface area (Å²) in [6, 6.07) is 11.7. The lowest BCUT2D eigenvalue weighted by molar-refractivity contribution is 0.262. The lowest BCUT2D eigenvalue weighted by atomic mass is 10.2. The highest BCUT2D eigenvalue weighted by molar-refractivity contribution is 6.01. The second-order valence-corrected chi connectivity index (χ2v) is 4.26. The van der Waals surface area contributed by atoms with Crippen LogP contribution in [0.15, 0.2) is 42.5 Å². The van der Waals surface area contributed by atoms with Crippen molar-refractivity contribution < 1.29 is 14.3 Å². The minimum atomic E-state index is -0.389. The molecule has 0 saturated heterocycles. The average Bonchev–Trinajstić information content (AvgIpc) is 2.50. The molecule has 0 aliphatic heterocycles. The summed E-state index contributed by atoms with van der Waals surface area (Å²) in [6.45, 7) is 0. The molecule has 110 valence electrons. The van der Waals surface area contributed by atoms with E-state index in [-0.39, 0.29) is 6.03 Å². The van der Waals surface area contributed by atoms with Crippen molar-refractivity contribution in [2.24, 2.45) is 0 Å². The van der Waals surface area contributed by atoms with Crippen molar-refractivity contribution in [3.05, 3.63) is 42.5 Å². The molecule has 6 heteroatoms.